The molecule has 0 amide bonds. The lowest BCUT2D eigenvalue weighted by Crippen LogP contribution is -2.31. The molecule has 100 valence electrons. The molecule has 1 aromatic rings. The van der Waals surface area contributed by atoms with Crippen molar-refractivity contribution < 1.29 is 17.9 Å². The van der Waals surface area contributed by atoms with E-state index in [1.165, 1.54) is 6.07 Å². The zero-order chi connectivity index (χ0) is 13.8. The molecule has 0 aromatic heterocycles. The first-order valence-corrected chi connectivity index (χ1v) is 6.87. The van der Waals surface area contributed by atoms with E-state index in [-0.39, 0.29) is 11.5 Å². The fourth-order valence-electron chi connectivity index (χ4n) is 1.37. The third-order valence-corrected chi connectivity index (χ3v) is 3.87. The van der Waals surface area contributed by atoms with Crippen molar-refractivity contribution in [3.63, 3.8) is 0 Å². The molecular weight excluding hydrogens is 256 g/mol. The predicted octanol–water partition coefficient (Wildman–Crippen LogP) is 0.419. The van der Waals surface area contributed by atoms with Crippen LogP contribution in [0, 0.1) is 6.92 Å². The molecule has 6 nitrogen and oxygen atoms in total. The average Bonchev–Trinajstić information content (AvgIpc) is 2.30. The van der Waals surface area contributed by atoms with Crippen LogP contribution in [0.4, 0.5) is 5.69 Å². The minimum Gasteiger partial charge on any atom is -0.465 e. The van der Waals surface area contributed by atoms with Crippen molar-refractivity contribution in [3.05, 3.63) is 23.8 Å². The van der Waals surface area contributed by atoms with Gasteiger partial charge in [0.25, 0.3) is 0 Å². The Balaban J connectivity index is 2.87. The van der Waals surface area contributed by atoms with Gasteiger partial charge in [0.05, 0.1) is 11.5 Å². The molecule has 0 unspecified atom stereocenters. The Labute approximate surface area is 106 Å². The molecule has 0 aliphatic rings. The maximum Gasteiger partial charge on any atom is 0.321 e. The summed E-state index contributed by atoms with van der Waals surface area (Å²) in [6, 6.07) is 4.58. The van der Waals surface area contributed by atoms with Gasteiger partial charge in [0.2, 0.25) is 10.0 Å². The van der Waals surface area contributed by atoms with Crippen molar-refractivity contribution in [1.29, 1.82) is 0 Å². The van der Waals surface area contributed by atoms with Crippen LogP contribution in [0.3, 0.4) is 0 Å². The summed E-state index contributed by atoms with van der Waals surface area (Å²) < 4.78 is 30.7. The Morgan fingerprint density at radius 1 is 1.44 bits per heavy atom. The number of rotatable bonds is 5. The fourth-order valence-corrected chi connectivity index (χ4v) is 2.61. The van der Waals surface area contributed by atoms with E-state index >= 15 is 0 Å². The van der Waals surface area contributed by atoms with E-state index in [0.29, 0.717) is 11.3 Å². The van der Waals surface area contributed by atoms with Crippen molar-refractivity contribution in [1.82, 2.24) is 4.72 Å². The lowest BCUT2D eigenvalue weighted by molar-refractivity contribution is -0.141. The maximum atomic E-state index is 11.9. The average molecular weight is 272 g/mol. The Morgan fingerprint density at radius 2 is 2.11 bits per heavy atom. The van der Waals surface area contributed by atoms with Crippen LogP contribution in [0.1, 0.15) is 12.5 Å². The summed E-state index contributed by atoms with van der Waals surface area (Å²) in [6.07, 6.45) is 0. The summed E-state index contributed by atoms with van der Waals surface area (Å²) in [5.41, 5.74) is 6.47. The lowest BCUT2D eigenvalue weighted by atomic mass is 10.2. The third-order valence-electron chi connectivity index (χ3n) is 2.33. The molecule has 7 heteroatoms. The van der Waals surface area contributed by atoms with Crippen LogP contribution in [-0.4, -0.2) is 27.5 Å². The van der Waals surface area contributed by atoms with Crippen molar-refractivity contribution in [2.24, 2.45) is 0 Å². The summed E-state index contributed by atoms with van der Waals surface area (Å²) in [6.45, 7) is 3.06. The van der Waals surface area contributed by atoms with Crippen molar-refractivity contribution in [3.8, 4) is 0 Å². The number of benzene rings is 1. The number of carbonyl (C=O) groups is 1. The number of sulfonamides is 1. The van der Waals surface area contributed by atoms with Gasteiger partial charge in [0.1, 0.15) is 6.54 Å². The second-order valence-corrected chi connectivity index (χ2v) is 5.34. The van der Waals surface area contributed by atoms with Crippen molar-refractivity contribution in [2.45, 2.75) is 18.7 Å². The zero-order valence-electron chi connectivity index (χ0n) is 10.3. The highest BCUT2D eigenvalue weighted by atomic mass is 32.2. The smallest absolute Gasteiger partial charge is 0.321 e. The number of esters is 1. The molecule has 0 saturated carbocycles. The van der Waals surface area contributed by atoms with E-state index in [1.807, 2.05) is 0 Å². The van der Waals surface area contributed by atoms with Crippen LogP contribution in [0.25, 0.3) is 0 Å². The largest absolute Gasteiger partial charge is 0.465 e. The predicted molar refractivity (Wildman–Crippen MR) is 67.4 cm³/mol. The van der Waals surface area contributed by atoms with Gasteiger partial charge in [-0.2, -0.15) is 4.72 Å². The number of nitrogens with one attached hydrogen (secondary N) is 1. The van der Waals surface area contributed by atoms with Crippen LogP contribution in [-0.2, 0) is 19.6 Å². The van der Waals surface area contributed by atoms with Gasteiger partial charge in [-0.05, 0) is 31.5 Å². The number of hydrogen-bond donors (Lipinski definition) is 2. The minimum absolute atomic E-state index is 0.0619. The monoisotopic (exact) mass is 272 g/mol. The number of carbonyl (C=O) groups excluding carboxylic acids is 1. The summed E-state index contributed by atoms with van der Waals surface area (Å²) >= 11 is 0. The van der Waals surface area contributed by atoms with Gasteiger partial charge < -0.3 is 10.5 Å². The number of anilines is 1. The molecule has 0 aliphatic carbocycles. The highest BCUT2D eigenvalue weighted by molar-refractivity contribution is 7.89. The Morgan fingerprint density at radius 3 is 2.72 bits per heavy atom. The number of nitrogen functional groups attached to an aromatic ring is 1. The van der Waals surface area contributed by atoms with E-state index in [1.54, 1.807) is 26.0 Å². The quantitative estimate of drug-likeness (QED) is 0.598. The first-order chi connectivity index (χ1) is 8.38. The summed E-state index contributed by atoms with van der Waals surface area (Å²) in [5, 5.41) is 0. The molecule has 0 radical (unpaired) electrons. The molecule has 0 aliphatic heterocycles. The van der Waals surface area contributed by atoms with Crippen molar-refractivity contribution >= 4 is 21.7 Å². The molecule has 0 atom stereocenters. The number of nitrogens with two attached hydrogens (primary N) is 1. The Hall–Kier alpha value is -1.60. The first-order valence-electron chi connectivity index (χ1n) is 5.39. The molecule has 0 spiro atoms. The molecule has 18 heavy (non-hydrogen) atoms. The van der Waals surface area contributed by atoms with Crippen LogP contribution in [0.5, 0.6) is 0 Å². The second kappa shape index (κ2) is 5.83. The molecule has 0 bridgehead atoms. The molecule has 0 heterocycles. The molecule has 3 N–H and O–H groups in total. The van der Waals surface area contributed by atoms with E-state index in [0.717, 1.165) is 0 Å². The van der Waals surface area contributed by atoms with E-state index in [4.69, 9.17) is 5.73 Å². The van der Waals surface area contributed by atoms with Gasteiger partial charge in [-0.25, -0.2) is 8.42 Å². The number of hydrogen-bond acceptors (Lipinski definition) is 5. The highest BCUT2D eigenvalue weighted by Gasteiger charge is 2.18. The summed E-state index contributed by atoms with van der Waals surface area (Å²) in [5.74, 6) is -0.623. The standard InChI is InChI=1S/C11H16N2O4S/c1-3-17-11(14)7-13-18(15,16)10-6-4-5-9(12)8(10)2/h4-6,13H,3,7,12H2,1-2H3. The highest BCUT2D eigenvalue weighted by Crippen LogP contribution is 2.19. The number of ether oxygens (including phenoxy) is 1. The SMILES string of the molecule is CCOC(=O)CNS(=O)(=O)c1cccc(N)c1C. The van der Waals surface area contributed by atoms with Gasteiger partial charge in [-0.1, -0.05) is 6.07 Å². The Bertz CT molecular complexity index is 540. The third kappa shape index (κ3) is 3.44. The topological polar surface area (TPSA) is 98.5 Å². The first kappa shape index (κ1) is 14.5. The normalized spacial score (nSPS) is 11.2. The van der Waals surface area contributed by atoms with Gasteiger partial charge in [-0.15, -0.1) is 0 Å². The van der Waals surface area contributed by atoms with Crippen LogP contribution >= 0.6 is 0 Å². The fraction of sp³-hybridized carbons (Fsp3) is 0.364. The molecule has 1 aromatic carbocycles. The molecule has 0 fully saturated rings. The van der Waals surface area contributed by atoms with Gasteiger partial charge in [-0.3, -0.25) is 4.79 Å². The molecule has 1 rings (SSSR count). The van der Waals surface area contributed by atoms with E-state index < -0.39 is 22.5 Å². The van der Waals surface area contributed by atoms with Crippen molar-refractivity contribution in [2.75, 3.05) is 18.9 Å². The second-order valence-electron chi connectivity index (χ2n) is 3.60. The summed E-state index contributed by atoms with van der Waals surface area (Å²) in [7, 11) is -3.76. The molecule has 0 saturated heterocycles. The molecular formula is C11H16N2O4S. The minimum atomic E-state index is -3.76. The van der Waals surface area contributed by atoms with Crippen LogP contribution in [0.2, 0.25) is 0 Å². The summed E-state index contributed by atoms with van der Waals surface area (Å²) in [4.78, 5) is 11.2. The van der Waals surface area contributed by atoms with Gasteiger partial charge in [0, 0.05) is 5.69 Å². The van der Waals surface area contributed by atoms with Gasteiger partial charge >= 0.3 is 5.97 Å². The zero-order valence-corrected chi connectivity index (χ0v) is 11.1. The van der Waals surface area contributed by atoms with E-state index in [9.17, 15) is 13.2 Å². The van der Waals surface area contributed by atoms with Gasteiger partial charge in [0.15, 0.2) is 0 Å². The van der Waals surface area contributed by atoms with Crippen LogP contribution < -0.4 is 10.5 Å². The Kier molecular flexibility index (Phi) is 4.69. The maximum absolute atomic E-state index is 11.9. The lowest BCUT2D eigenvalue weighted by Gasteiger charge is -2.10. The van der Waals surface area contributed by atoms with Crippen LogP contribution in [0.15, 0.2) is 23.1 Å². The van der Waals surface area contributed by atoms with E-state index in [2.05, 4.69) is 9.46 Å².